The minimum atomic E-state index is -3.56. The van der Waals surface area contributed by atoms with E-state index in [2.05, 4.69) is 26.6 Å². The summed E-state index contributed by atoms with van der Waals surface area (Å²) >= 11 is 3.36. The predicted octanol–water partition coefficient (Wildman–Crippen LogP) is 3.84. The molecule has 27 heavy (non-hydrogen) atoms. The maximum absolute atomic E-state index is 12.8. The Balaban J connectivity index is 2.11. The molecule has 0 unspecified atom stereocenters. The third kappa shape index (κ3) is 5.54. The highest BCUT2D eigenvalue weighted by molar-refractivity contribution is 9.10. The van der Waals surface area contributed by atoms with Gasteiger partial charge in [-0.3, -0.25) is 4.79 Å². The monoisotopic (exact) mass is 453 g/mol. The average Bonchev–Trinajstić information content (AvgIpc) is 2.61. The number of halogens is 1. The number of rotatable bonds is 8. The Bertz CT molecular complexity index is 912. The van der Waals surface area contributed by atoms with E-state index in [1.54, 1.807) is 37.3 Å². The van der Waals surface area contributed by atoms with Gasteiger partial charge in [-0.05, 0) is 42.8 Å². The van der Waals surface area contributed by atoms with Crippen LogP contribution in [0.4, 0.5) is 11.4 Å². The van der Waals surface area contributed by atoms with Crippen LogP contribution in [-0.2, 0) is 14.8 Å². The summed E-state index contributed by atoms with van der Waals surface area (Å²) in [7, 11) is -3.56. The van der Waals surface area contributed by atoms with Crippen LogP contribution in [0.5, 0.6) is 0 Å². The molecule has 0 aliphatic heterocycles. The van der Waals surface area contributed by atoms with Gasteiger partial charge in [0, 0.05) is 28.9 Å². The van der Waals surface area contributed by atoms with Crippen LogP contribution in [-0.4, -0.2) is 38.3 Å². The predicted molar refractivity (Wildman–Crippen MR) is 113 cm³/mol. The lowest BCUT2D eigenvalue weighted by molar-refractivity contribution is -0.114. The van der Waals surface area contributed by atoms with Crippen LogP contribution in [0.2, 0.25) is 0 Å². The normalized spacial score (nSPS) is 11.4. The zero-order chi connectivity index (χ0) is 20.0. The molecule has 6 nitrogen and oxygen atoms in total. The second kappa shape index (κ2) is 9.34. The van der Waals surface area contributed by atoms with E-state index < -0.39 is 10.0 Å². The summed E-state index contributed by atoms with van der Waals surface area (Å²) in [6, 6.07) is 12.4. The second-order valence-corrected chi connectivity index (χ2v) is 8.80. The van der Waals surface area contributed by atoms with E-state index in [-0.39, 0.29) is 17.3 Å². The Morgan fingerprint density at radius 3 is 2.41 bits per heavy atom. The molecule has 146 valence electrons. The van der Waals surface area contributed by atoms with Crippen LogP contribution in [0.1, 0.15) is 19.4 Å². The number of hydrogen-bond acceptors (Lipinski definition) is 4. The fourth-order valence-electron chi connectivity index (χ4n) is 2.64. The first-order chi connectivity index (χ1) is 12.8. The van der Waals surface area contributed by atoms with Gasteiger partial charge in [0.2, 0.25) is 15.9 Å². The van der Waals surface area contributed by atoms with Crippen molar-refractivity contribution in [2.75, 3.05) is 30.3 Å². The number of carbonyl (C=O) groups is 1. The van der Waals surface area contributed by atoms with Gasteiger partial charge in [-0.2, -0.15) is 4.31 Å². The summed E-state index contributed by atoms with van der Waals surface area (Å²) in [4.78, 5) is 12.4. The van der Waals surface area contributed by atoms with Crippen LogP contribution in [0.3, 0.4) is 0 Å². The molecule has 2 N–H and O–H groups in total. The van der Waals surface area contributed by atoms with E-state index in [1.165, 1.54) is 4.31 Å². The number of nitrogens with zero attached hydrogens (tertiary/aromatic N) is 1. The highest BCUT2D eigenvalue weighted by Gasteiger charge is 2.23. The summed E-state index contributed by atoms with van der Waals surface area (Å²) in [6.45, 7) is 6.23. The second-order valence-electron chi connectivity index (χ2n) is 5.98. The van der Waals surface area contributed by atoms with Gasteiger partial charge in [0.1, 0.15) is 0 Å². The number of nitrogens with one attached hydrogen (secondary N) is 2. The first-order valence-electron chi connectivity index (χ1n) is 8.68. The van der Waals surface area contributed by atoms with Crippen molar-refractivity contribution in [2.24, 2.45) is 0 Å². The summed E-state index contributed by atoms with van der Waals surface area (Å²) in [6.07, 6.45) is 0. The van der Waals surface area contributed by atoms with Gasteiger partial charge in [0.05, 0.1) is 11.4 Å². The van der Waals surface area contributed by atoms with Gasteiger partial charge < -0.3 is 10.6 Å². The van der Waals surface area contributed by atoms with E-state index >= 15 is 0 Å². The standard InChI is InChI=1S/C19H24BrN3O3S/c1-4-23(5-2)27(25,26)18-12-16(10-9-14(18)3)21-13-19(24)22-17-8-6-7-15(20)11-17/h6-12,21H,4-5,13H2,1-3H3,(H,22,24). The Kier molecular flexibility index (Phi) is 7.41. The quantitative estimate of drug-likeness (QED) is 0.636. The van der Waals surface area contributed by atoms with Crippen LogP contribution < -0.4 is 10.6 Å². The van der Waals surface area contributed by atoms with E-state index in [9.17, 15) is 13.2 Å². The maximum Gasteiger partial charge on any atom is 0.243 e. The molecule has 0 atom stereocenters. The molecular formula is C19H24BrN3O3S. The molecule has 0 fully saturated rings. The fraction of sp³-hybridized carbons (Fsp3) is 0.316. The molecule has 8 heteroatoms. The van der Waals surface area contributed by atoms with E-state index in [1.807, 2.05) is 26.0 Å². The summed E-state index contributed by atoms with van der Waals surface area (Å²) in [5.41, 5.74) is 1.94. The number of benzene rings is 2. The topological polar surface area (TPSA) is 78.5 Å². The molecule has 1 amide bonds. The number of anilines is 2. The van der Waals surface area contributed by atoms with Crippen molar-refractivity contribution < 1.29 is 13.2 Å². The Hall–Kier alpha value is -1.90. The highest BCUT2D eigenvalue weighted by atomic mass is 79.9. The van der Waals surface area contributed by atoms with Gasteiger partial charge in [0.25, 0.3) is 0 Å². The molecule has 0 bridgehead atoms. The van der Waals surface area contributed by atoms with Crippen LogP contribution in [0.15, 0.2) is 51.8 Å². The molecule has 0 aliphatic carbocycles. The van der Waals surface area contributed by atoms with Gasteiger partial charge in [-0.25, -0.2) is 8.42 Å². The van der Waals surface area contributed by atoms with Crippen molar-refractivity contribution in [1.29, 1.82) is 0 Å². The van der Waals surface area contributed by atoms with Crippen molar-refractivity contribution in [3.8, 4) is 0 Å². The van der Waals surface area contributed by atoms with Gasteiger partial charge in [-0.15, -0.1) is 0 Å². The summed E-state index contributed by atoms with van der Waals surface area (Å²) < 4.78 is 27.9. The average molecular weight is 454 g/mol. The lowest BCUT2D eigenvalue weighted by Gasteiger charge is -2.20. The fourth-order valence-corrected chi connectivity index (χ4v) is 4.75. The Morgan fingerprint density at radius 1 is 1.07 bits per heavy atom. The number of amides is 1. The molecule has 0 spiro atoms. The lowest BCUT2D eigenvalue weighted by Crippen LogP contribution is -2.31. The molecule has 0 aromatic heterocycles. The molecule has 2 aromatic carbocycles. The third-order valence-corrected chi connectivity index (χ3v) is 6.76. The van der Waals surface area contributed by atoms with Gasteiger partial charge in [-0.1, -0.05) is 41.9 Å². The zero-order valence-corrected chi connectivity index (χ0v) is 18.0. The number of carbonyl (C=O) groups excluding carboxylic acids is 1. The number of hydrogen-bond donors (Lipinski definition) is 2. The van der Waals surface area contributed by atoms with E-state index in [4.69, 9.17) is 0 Å². The molecule has 0 heterocycles. The van der Waals surface area contributed by atoms with Crippen molar-refractivity contribution >= 4 is 43.2 Å². The van der Waals surface area contributed by atoms with Crippen LogP contribution in [0, 0.1) is 6.92 Å². The molecular weight excluding hydrogens is 430 g/mol. The molecule has 0 radical (unpaired) electrons. The maximum atomic E-state index is 12.8. The SMILES string of the molecule is CCN(CC)S(=O)(=O)c1cc(NCC(=O)Nc2cccc(Br)c2)ccc1C. The number of aryl methyl sites for hydroxylation is 1. The largest absolute Gasteiger partial charge is 0.376 e. The minimum Gasteiger partial charge on any atom is -0.376 e. The molecule has 0 saturated heterocycles. The minimum absolute atomic E-state index is 0.0281. The highest BCUT2D eigenvalue weighted by Crippen LogP contribution is 2.23. The first kappa shape index (κ1) is 21.4. The van der Waals surface area contributed by atoms with Crippen molar-refractivity contribution in [2.45, 2.75) is 25.7 Å². The summed E-state index contributed by atoms with van der Waals surface area (Å²) in [5.74, 6) is -0.221. The first-order valence-corrected chi connectivity index (χ1v) is 10.9. The summed E-state index contributed by atoms with van der Waals surface area (Å²) in [5, 5.41) is 5.78. The Morgan fingerprint density at radius 2 is 1.78 bits per heavy atom. The lowest BCUT2D eigenvalue weighted by atomic mass is 10.2. The van der Waals surface area contributed by atoms with E-state index in [0.29, 0.717) is 30.0 Å². The molecule has 0 aliphatic rings. The molecule has 2 rings (SSSR count). The molecule has 2 aromatic rings. The van der Waals surface area contributed by atoms with Crippen LogP contribution in [0.25, 0.3) is 0 Å². The van der Waals surface area contributed by atoms with Crippen molar-refractivity contribution in [3.05, 3.63) is 52.5 Å². The van der Waals surface area contributed by atoms with Gasteiger partial charge >= 0.3 is 0 Å². The third-order valence-electron chi connectivity index (χ3n) is 4.07. The van der Waals surface area contributed by atoms with Crippen LogP contribution >= 0.6 is 15.9 Å². The zero-order valence-electron chi connectivity index (χ0n) is 15.6. The molecule has 0 saturated carbocycles. The Labute approximate surface area is 169 Å². The van der Waals surface area contributed by atoms with E-state index in [0.717, 1.165) is 4.47 Å². The van der Waals surface area contributed by atoms with Crippen molar-refractivity contribution in [3.63, 3.8) is 0 Å². The smallest absolute Gasteiger partial charge is 0.243 e. The van der Waals surface area contributed by atoms with Gasteiger partial charge in [0.15, 0.2) is 0 Å². The van der Waals surface area contributed by atoms with Crippen molar-refractivity contribution in [1.82, 2.24) is 4.31 Å². The number of sulfonamides is 1.